The molecule has 1 aromatic carbocycles. The van der Waals surface area contributed by atoms with Crippen LogP contribution in [0.2, 0.25) is 0 Å². The van der Waals surface area contributed by atoms with Gasteiger partial charge in [-0.15, -0.1) is 0 Å². The molecule has 0 radical (unpaired) electrons. The van der Waals surface area contributed by atoms with Crippen LogP contribution in [0.1, 0.15) is 43.9 Å². The molecule has 0 bridgehead atoms. The third-order valence-electron chi connectivity index (χ3n) is 2.48. The molecule has 0 saturated heterocycles. The highest BCUT2D eigenvalue weighted by atomic mass is 16.3. The van der Waals surface area contributed by atoms with Crippen molar-refractivity contribution in [1.82, 2.24) is 0 Å². The summed E-state index contributed by atoms with van der Waals surface area (Å²) in [5, 5.41) is 9.38. The molecule has 0 fully saturated rings. The number of rotatable bonds is 3. The summed E-state index contributed by atoms with van der Waals surface area (Å²) >= 11 is 0. The van der Waals surface area contributed by atoms with Crippen molar-refractivity contribution in [2.24, 2.45) is 5.73 Å². The number of hydrogen-bond donors (Lipinski definition) is 2. The van der Waals surface area contributed by atoms with E-state index >= 15 is 0 Å². The minimum absolute atomic E-state index is 0.284. The quantitative estimate of drug-likeness (QED) is 0.773. The SMILES string of the molecule is CC(C)c1cccc([C@H](N)[C@@H](C)O)c1. The average Bonchev–Trinajstić information content (AvgIpc) is 2.16. The molecule has 3 N–H and O–H groups in total. The van der Waals surface area contributed by atoms with E-state index in [2.05, 4.69) is 26.0 Å². The van der Waals surface area contributed by atoms with E-state index in [1.54, 1.807) is 6.92 Å². The van der Waals surface area contributed by atoms with Gasteiger partial charge in [-0.05, 0) is 24.0 Å². The average molecular weight is 193 g/mol. The van der Waals surface area contributed by atoms with E-state index in [0.717, 1.165) is 5.56 Å². The van der Waals surface area contributed by atoms with Gasteiger partial charge in [0.05, 0.1) is 12.1 Å². The van der Waals surface area contributed by atoms with Crippen molar-refractivity contribution < 1.29 is 5.11 Å². The van der Waals surface area contributed by atoms with E-state index in [-0.39, 0.29) is 6.04 Å². The molecule has 0 aliphatic heterocycles. The molecule has 0 aromatic heterocycles. The van der Waals surface area contributed by atoms with Crippen LogP contribution in [0.15, 0.2) is 24.3 Å². The number of nitrogens with two attached hydrogens (primary N) is 1. The zero-order valence-corrected chi connectivity index (χ0v) is 9.07. The molecular formula is C12H19NO. The summed E-state index contributed by atoms with van der Waals surface area (Å²) in [6.07, 6.45) is -0.502. The van der Waals surface area contributed by atoms with Gasteiger partial charge in [-0.2, -0.15) is 0 Å². The van der Waals surface area contributed by atoms with Crippen LogP contribution in [0.4, 0.5) is 0 Å². The van der Waals surface area contributed by atoms with Gasteiger partial charge in [0, 0.05) is 0 Å². The molecule has 14 heavy (non-hydrogen) atoms. The first kappa shape index (κ1) is 11.2. The Morgan fingerprint density at radius 2 is 1.71 bits per heavy atom. The first-order chi connectivity index (χ1) is 6.52. The Kier molecular flexibility index (Phi) is 3.67. The van der Waals surface area contributed by atoms with Gasteiger partial charge in [-0.3, -0.25) is 0 Å². The summed E-state index contributed by atoms with van der Waals surface area (Å²) in [6, 6.07) is 7.83. The molecule has 0 spiro atoms. The van der Waals surface area contributed by atoms with Crippen molar-refractivity contribution in [2.75, 3.05) is 0 Å². The van der Waals surface area contributed by atoms with Crippen LogP contribution in [0.25, 0.3) is 0 Å². The predicted octanol–water partition coefficient (Wildman–Crippen LogP) is 2.19. The second-order valence-electron chi connectivity index (χ2n) is 4.09. The number of aliphatic hydroxyl groups is 1. The van der Waals surface area contributed by atoms with E-state index in [0.29, 0.717) is 5.92 Å². The highest BCUT2D eigenvalue weighted by Crippen LogP contribution is 2.20. The molecular weight excluding hydrogens is 174 g/mol. The fraction of sp³-hybridized carbons (Fsp3) is 0.500. The van der Waals surface area contributed by atoms with E-state index < -0.39 is 6.10 Å². The summed E-state index contributed by atoms with van der Waals surface area (Å²) in [4.78, 5) is 0. The molecule has 0 heterocycles. The van der Waals surface area contributed by atoms with Gasteiger partial charge >= 0.3 is 0 Å². The van der Waals surface area contributed by atoms with Gasteiger partial charge in [0.1, 0.15) is 0 Å². The molecule has 2 nitrogen and oxygen atoms in total. The Hall–Kier alpha value is -0.860. The van der Waals surface area contributed by atoms with Crippen molar-refractivity contribution in [1.29, 1.82) is 0 Å². The number of benzene rings is 1. The topological polar surface area (TPSA) is 46.2 Å². The lowest BCUT2D eigenvalue weighted by molar-refractivity contribution is 0.164. The minimum Gasteiger partial charge on any atom is -0.391 e. The van der Waals surface area contributed by atoms with Crippen molar-refractivity contribution in [2.45, 2.75) is 38.8 Å². The minimum atomic E-state index is -0.502. The van der Waals surface area contributed by atoms with Crippen molar-refractivity contribution in [3.05, 3.63) is 35.4 Å². The standard InChI is InChI=1S/C12H19NO/c1-8(2)10-5-4-6-11(7-10)12(13)9(3)14/h4-9,12,14H,13H2,1-3H3/t9-,12-/m1/s1. The first-order valence-electron chi connectivity index (χ1n) is 5.06. The summed E-state index contributed by atoms with van der Waals surface area (Å²) in [5.41, 5.74) is 8.13. The highest BCUT2D eigenvalue weighted by Gasteiger charge is 2.12. The van der Waals surface area contributed by atoms with E-state index in [1.807, 2.05) is 12.1 Å². The van der Waals surface area contributed by atoms with Crippen LogP contribution in [-0.4, -0.2) is 11.2 Å². The lowest BCUT2D eigenvalue weighted by Gasteiger charge is -2.16. The molecule has 0 amide bonds. The van der Waals surface area contributed by atoms with Gasteiger partial charge in [-0.25, -0.2) is 0 Å². The molecule has 0 aliphatic carbocycles. The van der Waals surface area contributed by atoms with Crippen LogP contribution >= 0.6 is 0 Å². The molecule has 78 valence electrons. The first-order valence-corrected chi connectivity index (χ1v) is 5.06. The fourth-order valence-corrected chi connectivity index (χ4v) is 1.40. The smallest absolute Gasteiger partial charge is 0.0704 e. The lowest BCUT2D eigenvalue weighted by Crippen LogP contribution is -2.23. The zero-order valence-electron chi connectivity index (χ0n) is 9.07. The number of aliphatic hydroxyl groups excluding tert-OH is 1. The maximum Gasteiger partial charge on any atom is 0.0704 e. The fourth-order valence-electron chi connectivity index (χ4n) is 1.40. The second-order valence-corrected chi connectivity index (χ2v) is 4.09. The van der Waals surface area contributed by atoms with Crippen LogP contribution in [0, 0.1) is 0 Å². The summed E-state index contributed by atoms with van der Waals surface area (Å²) in [6.45, 7) is 6.01. The van der Waals surface area contributed by atoms with Crippen molar-refractivity contribution in [3.63, 3.8) is 0 Å². The van der Waals surface area contributed by atoms with E-state index in [9.17, 15) is 5.11 Å². The molecule has 0 unspecified atom stereocenters. The van der Waals surface area contributed by atoms with Crippen LogP contribution in [-0.2, 0) is 0 Å². The van der Waals surface area contributed by atoms with Crippen LogP contribution in [0.5, 0.6) is 0 Å². The Bertz CT molecular complexity index is 294. The zero-order chi connectivity index (χ0) is 10.7. The third-order valence-corrected chi connectivity index (χ3v) is 2.48. The Labute approximate surface area is 85.8 Å². The van der Waals surface area contributed by atoms with Gasteiger partial charge in [-0.1, -0.05) is 38.1 Å². The maximum atomic E-state index is 9.38. The lowest BCUT2D eigenvalue weighted by atomic mass is 9.96. The summed E-state index contributed by atoms with van der Waals surface area (Å²) in [5.74, 6) is 0.496. The van der Waals surface area contributed by atoms with Gasteiger partial charge in [0.25, 0.3) is 0 Å². The Balaban J connectivity index is 2.93. The van der Waals surface area contributed by atoms with Crippen molar-refractivity contribution in [3.8, 4) is 0 Å². The van der Waals surface area contributed by atoms with E-state index in [4.69, 9.17) is 5.73 Å². The monoisotopic (exact) mass is 193 g/mol. The normalized spacial score (nSPS) is 15.6. The summed E-state index contributed by atoms with van der Waals surface area (Å²) < 4.78 is 0. The molecule has 1 rings (SSSR count). The van der Waals surface area contributed by atoms with Gasteiger partial charge in [0.15, 0.2) is 0 Å². The molecule has 0 saturated carbocycles. The molecule has 2 atom stereocenters. The highest BCUT2D eigenvalue weighted by molar-refractivity contribution is 5.28. The molecule has 1 aromatic rings. The van der Waals surface area contributed by atoms with Gasteiger partial charge < -0.3 is 10.8 Å². The Morgan fingerprint density at radius 3 is 2.21 bits per heavy atom. The van der Waals surface area contributed by atoms with Crippen molar-refractivity contribution >= 4 is 0 Å². The van der Waals surface area contributed by atoms with Crippen LogP contribution < -0.4 is 5.73 Å². The number of hydrogen-bond acceptors (Lipinski definition) is 2. The van der Waals surface area contributed by atoms with E-state index in [1.165, 1.54) is 5.56 Å². The maximum absolute atomic E-state index is 9.38. The largest absolute Gasteiger partial charge is 0.391 e. The molecule has 2 heteroatoms. The Morgan fingerprint density at radius 1 is 1.14 bits per heavy atom. The molecule has 0 aliphatic rings. The second kappa shape index (κ2) is 4.58. The summed E-state index contributed by atoms with van der Waals surface area (Å²) in [7, 11) is 0. The van der Waals surface area contributed by atoms with Crippen LogP contribution in [0.3, 0.4) is 0 Å². The predicted molar refractivity (Wildman–Crippen MR) is 59.1 cm³/mol. The third kappa shape index (κ3) is 2.56. The van der Waals surface area contributed by atoms with Gasteiger partial charge in [0.2, 0.25) is 0 Å².